The van der Waals surface area contributed by atoms with E-state index < -0.39 is 91.8 Å². The van der Waals surface area contributed by atoms with E-state index in [1.165, 1.54) is 19.1 Å². The number of allylic oxidation sites excluding steroid dienone is 4. The van der Waals surface area contributed by atoms with E-state index in [0.29, 0.717) is 17.5 Å². The predicted molar refractivity (Wildman–Crippen MR) is 182 cm³/mol. The van der Waals surface area contributed by atoms with Crippen molar-refractivity contribution in [3.63, 3.8) is 0 Å². The first-order valence-electron chi connectivity index (χ1n) is 17.0. The first-order valence-corrected chi connectivity index (χ1v) is 17.0. The van der Waals surface area contributed by atoms with Crippen molar-refractivity contribution in [3.05, 3.63) is 69.8 Å². The Morgan fingerprint density at radius 2 is 1.42 bits per heavy atom. The van der Waals surface area contributed by atoms with Crippen LogP contribution in [0.3, 0.4) is 0 Å². The average Bonchev–Trinajstić information content (AvgIpc) is 3.09. The number of hydrogen-bond acceptors (Lipinski definition) is 15. The topological polar surface area (TPSA) is 245 Å². The number of fused-ring (bicyclic) bond motifs is 1. The Hall–Kier alpha value is -3.61. The van der Waals surface area contributed by atoms with Crippen molar-refractivity contribution in [1.29, 1.82) is 0 Å². The second-order valence-electron chi connectivity index (χ2n) is 13.9. The number of carbonyl (C=O) groups excluding carboxylic acids is 1. The number of ether oxygens (including phenoxy) is 5. The van der Waals surface area contributed by atoms with Crippen LogP contribution in [0.5, 0.6) is 23.0 Å². The van der Waals surface area contributed by atoms with E-state index in [0.717, 1.165) is 17.2 Å². The number of phenolic OH excluding ortho intramolecular Hbond substituents is 2. The summed E-state index contributed by atoms with van der Waals surface area (Å²) >= 11 is 0. The number of carbonyl (C=O) groups is 1. The van der Waals surface area contributed by atoms with Gasteiger partial charge in [-0.05, 0) is 70.7 Å². The van der Waals surface area contributed by atoms with Crippen molar-refractivity contribution < 1.29 is 74.4 Å². The van der Waals surface area contributed by atoms with Crippen molar-refractivity contribution in [2.24, 2.45) is 0 Å². The molecule has 0 aromatic heterocycles. The molecule has 2 saturated heterocycles. The molecule has 3 aliphatic heterocycles. The van der Waals surface area contributed by atoms with Gasteiger partial charge in [-0.3, -0.25) is 4.79 Å². The molecule has 0 amide bonds. The first kappa shape index (κ1) is 39.6. The van der Waals surface area contributed by atoms with Crippen LogP contribution in [0, 0.1) is 0 Å². The molecule has 0 spiro atoms. The predicted octanol–water partition coefficient (Wildman–Crippen LogP) is 0.823. The van der Waals surface area contributed by atoms with Crippen LogP contribution in [0.4, 0.5) is 0 Å². The average molecular weight is 733 g/mol. The molecule has 0 bridgehead atoms. The monoisotopic (exact) mass is 732 g/mol. The smallest absolute Gasteiger partial charge is 0.229 e. The number of rotatable bonds is 10. The van der Waals surface area contributed by atoms with Gasteiger partial charge in [0.15, 0.2) is 18.5 Å². The molecule has 3 aliphatic rings. The van der Waals surface area contributed by atoms with E-state index in [-0.39, 0.29) is 34.8 Å². The van der Waals surface area contributed by atoms with Gasteiger partial charge in [-0.2, -0.15) is 0 Å². The molecule has 0 unspecified atom stereocenters. The second-order valence-corrected chi connectivity index (χ2v) is 13.9. The van der Waals surface area contributed by atoms with Crippen LogP contribution in [0.25, 0.3) is 0 Å². The van der Waals surface area contributed by atoms with Gasteiger partial charge in [0.05, 0.1) is 12.7 Å². The summed E-state index contributed by atoms with van der Waals surface area (Å²) in [7, 11) is 0. The lowest BCUT2D eigenvalue weighted by molar-refractivity contribution is -0.304. The van der Waals surface area contributed by atoms with Gasteiger partial charge < -0.3 is 69.6 Å². The van der Waals surface area contributed by atoms with E-state index in [1.807, 2.05) is 33.8 Å². The van der Waals surface area contributed by atoms with E-state index in [2.05, 4.69) is 0 Å². The number of hydrogen-bond donors (Lipinski definition) is 9. The molecular formula is C37H48O15. The minimum absolute atomic E-state index is 0.0182. The number of phenols is 2. The van der Waals surface area contributed by atoms with E-state index in [1.54, 1.807) is 12.1 Å². The summed E-state index contributed by atoms with van der Waals surface area (Å²) in [5.41, 5.74) is 2.60. The lowest BCUT2D eigenvalue weighted by Gasteiger charge is -2.42. The molecule has 2 fully saturated rings. The molecule has 15 heteroatoms. The molecule has 5 rings (SSSR count). The summed E-state index contributed by atoms with van der Waals surface area (Å²) in [6.07, 6.45) is -14.4. The van der Waals surface area contributed by atoms with Gasteiger partial charge in [0, 0.05) is 11.6 Å². The largest absolute Gasteiger partial charge is 0.508 e. The van der Waals surface area contributed by atoms with E-state index >= 15 is 0 Å². The molecule has 0 aliphatic carbocycles. The Morgan fingerprint density at radius 3 is 2.08 bits per heavy atom. The molecule has 2 aromatic carbocycles. The zero-order valence-electron chi connectivity index (χ0n) is 29.5. The van der Waals surface area contributed by atoms with Gasteiger partial charge in [-0.1, -0.05) is 29.4 Å². The maximum atomic E-state index is 14.5. The summed E-state index contributed by atoms with van der Waals surface area (Å²) in [6, 6.07) is 5.67. The zero-order valence-corrected chi connectivity index (χ0v) is 29.5. The molecular weight excluding hydrogens is 684 g/mol. The van der Waals surface area contributed by atoms with Crippen molar-refractivity contribution in [2.45, 2.75) is 121 Å². The van der Waals surface area contributed by atoms with Gasteiger partial charge in [0.2, 0.25) is 12.1 Å². The fourth-order valence-electron chi connectivity index (χ4n) is 6.30. The van der Waals surface area contributed by atoms with Gasteiger partial charge >= 0.3 is 0 Å². The highest BCUT2D eigenvalue weighted by Gasteiger charge is 2.50. The molecule has 2 aromatic rings. The SMILES string of the molecule is CC(C)=CCc1cc([C@@H]2Oc3c(CC=C(C)C)c(O[C@@H]4O[C@H](CO)[C@@H](O)[C@H](O)[C@H]4O)cc(O)c3C(=O)[C@@H]2O[C@@H]2O[C@@H](C)[C@H](O)[C@@H](O)[C@H]2O)ccc1O. The van der Waals surface area contributed by atoms with Gasteiger partial charge in [0.1, 0.15) is 71.3 Å². The van der Waals surface area contributed by atoms with Crippen molar-refractivity contribution >= 4 is 5.78 Å². The minimum Gasteiger partial charge on any atom is -0.508 e. The van der Waals surface area contributed by atoms with Crippen LogP contribution in [0.15, 0.2) is 47.6 Å². The summed E-state index contributed by atoms with van der Waals surface area (Å²) in [5, 5.41) is 94.6. The number of Topliss-reactive ketones (excluding diaryl/α,β-unsaturated/α-hetero) is 1. The number of ketones is 1. The van der Waals surface area contributed by atoms with Gasteiger partial charge in [-0.25, -0.2) is 0 Å². The molecule has 12 atom stereocenters. The quantitative estimate of drug-likeness (QED) is 0.154. The second kappa shape index (κ2) is 16.2. The molecule has 286 valence electrons. The van der Waals surface area contributed by atoms with Crippen LogP contribution in [-0.2, 0) is 27.1 Å². The maximum Gasteiger partial charge on any atom is 0.229 e. The van der Waals surface area contributed by atoms with Gasteiger partial charge in [0.25, 0.3) is 0 Å². The van der Waals surface area contributed by atoms with Crippen LogP contribution >= 0.6 is 0 Å². The Morgan fingerprint density at radius 1 is 0.788 bits per heavy atom. The highest BCUT2D eigenvalue weighted by Crippen LogP contribution is 2.48. The van der Waals surface area contributed by atoms with Gasteiger partial charge in [-0.15, -0.1) is 0 Å². The summed E-state index contributed by atoms with van der Waals surface area (Å²) in [4.78, 5) is 14.5. The van der Waals surface area contributed by atoms with Crippen LogP contribution in [0.2, 0.25) is 0 Å². The van der Waals surface area contributed by atoms with E-state index in [4.69, 9.17) is 23.7 Å². The Bertz CT molecular complexity index is 1660. The zero-order chi connectivity index (χ0) is 38.2. The third kappa shape index (κ3) is 7.99. The first-order chi connectivity index (χ1) is 24.5. The van der Waals surface area contributed by atoms with Crippen molar-refractivity contribution in [2.75, 3.05) is 6.61 Å². The normalized spacial score (nSPS) is 33.1. The number of aliphatic hydroxyl groups is 7. The Kier molecular flexibility index (Phi) is 12.3. The molecule has 15 nitrogen and oxygen atoms in total. The summed E-state index contributed by atoms with van der Waals surface area (Å²) in [6.45, 7) is 8.21. The standard InChI is InChI=1S/C37H48O15/c1-15(2)6-8-18-12-19(9-11-21(18)39)33-35(52-36-31(46)29(44)26(41)17(5)48-36)28(43)25-22(40)13-23(20(34(25)51-33)10-7-16(3)4)49-37-32(47)30(45)27(42)24(14-38)50-37/h6-7,9,11-13,17,24,26-27,29-33,35-42,44-47H,8,10,14H2,1-5H3/t17-,24+,26-,27+,29+,30-,31+,32+,33-,35-,36-,37+/m0/s1. The van der Waals surface area contributed by atoms with E-state index in [9.17, 15) is 50.8 Å². The number of benzene rings is 2. The molecule has 3 heterocycles. The molecule has 0 radical (unpaired) electrons. The summed E-state index contributed by atoms with van der Waals surface area (Å²) in [5.74, 6) is -1.69. The highest BCUT2D eigenvalue weighted by molar-refractivity contribution is 6.06. The number of aliphatic hydroxyl groups excluding tert-OH is 7. The minimum atomic E-state index is -1.78. The van der Waals surface area contributed by atoms with Crippen LogP contribution in [-0.4, -0.2) is 126 Å². The molecule has 0 saturated carbocycles. The van der Waals surface area contributed by atoms with Crippen molar-refractivity contribution in [3.8, 4) is 23.0 Å². The Labute approximate surface area is 300 Å². The Balaban J connectivity index is 1.64. The fraction of sp³-hybridized carbons (Fsp3) is 0.541. The van der Waals surface area contributed by atoms with Crippen LogP contribution in [0.1, 0.15) is 67.8 Å². The highest BCUT2D eigenvalue weighted by atomic mass is 16.7. The molecule has 9 N–H and O–H groups in total. The molecule has 52 heavy (non-hydrogen) atoms. The maximum absolute atomic E-state index is 14.5. The van der Waals surface area contributed by atoms with Crippen LogP contribution < -0.4 is 9.47 Å². The fourth-order valence-corrected chi connectivity index (χ4v) is 6.30. The summed E-state index contributed by atoms with van der Waals surface area (Å²) < 4.78 is 29.8. The third-order valence-corrected chi connectivity index (χ3v) is 9.40. The lowest BCUT2D eigenvalue weighted by Crippen LogP contribution is -2.60. The third-order valence-electron chi connectivity index (χ3n) is 9.40. The lowest BCUT2D eigenvalue weighted by atomic mass is 9.89. The number of aromatic hydroxyl groups is 2. The van der Waals surface area contributed by atoms with Crippen molar-refractivity contribution in [1.82, 2.24) is 0 Å².